The first-order valence-corrected chi connectivity index (χ1v) is 8.16. The summed E-state index contributed by atoms with van der Waals surface area (Å²) < 4.78 is 4.68. The van der Waals surface area contributed by atoms with Crippen LogP contribution in [0.15, 0.2) is 34.3 Å². The van der Waals surface area contributed by atoms with Crippen molar-refractivity contribution >= 4 is 34.5 Å². The Balaban J connectivity index is 1.65. The molecule has 2 amide bonds. The van der Waals surface area contributed by atoms with E-state index in [2.05, 4.69) is 14.7 Å². The van der Waals surface area contributed by atoms with E-state index >= 15 is 0 Å². The molecular formula is C16H16N2O3S. The number of carbonyl (C=O) groups is 2. The van der Waals surface area contributed by atoms with Gasteiger partial charge in [0.1, 0.15) is 0 Å². The molecule has 0 N–H and O–H groups in total. The maximum absolute atomic E-state index is 11.5. The molecule has 1 fully saturated rings. The number of benzene rings is 1. The number of amides is 2. The molecule has 1 aliphatic carbocycles. The highest BCUT2D eigenvalue weighted by Crippen LogP contribution is 2.32. The van der Waals surface area contributed by atoms with E-state index in [1.54, 1.807) is 23.9 Å². The predicted octanol–water partition coefficient (Wildman–Crippen LogP) is 3.48. The summed E-state index contributed by atoms with van der Waals surface area (Å²) in [6.45, 7) is 0. The van der Waals surface area contributed by atoms with Gasteiger partial charge in [0.15, 0.2) is 0 Å². The van der Waals surface area contributed by atoms with Gasteiger partial charge in [-0.15, -0.1) is 11.8 Å². The molecule has 0 radical (unpaired) electrons. The molecule has 3 rings (SSSR count). The number of carbonyl (C=O) groups excluding carboxylic acids is 2. The number of urea groups is 1. The highest BCUT2D eigenvalue weighted by molar-refractivity contribution is 8.13. The number of fused-ring (bicyclic) bond motifs is 1. The molecule has 0 bridgehead atoms. The van der Waals surface area contributed by atoms with Crippen molar-refractivity contribution in [2.45, 2.75) is 25.0 Å². The average molecular weight is 316 g/mol. The lowest BCUT2D eigenvalue weighted by Gasteiger charge is -2.16. The maximum atomic E-state index is 11.5. The SMILES string of the molecule is COC(=O)c1ccc(CSC2=NC(=O)N=C3CCCC32)cc1. The van der Waals surface area contributed by atoms with Gasteiger partial charge in [0.05, 0.1) is 17.7 Å². The van der Waals surface area contributed by atoms with Gasteiger partial charge in [-0.25, -0.2) is 14.6 Å². The Morgan fingerprint density at radius 1 is 1.32 bits per heavy atom. The van der Waals surface area contributed by atoms with Crippen molar-refractivity contribution in [3.05, 3.63) is 35.4 Å². The standard InChI is InChI=1S/C16H16N2O3S/c1-21-15(19)11-7-5-10(6-8-11)9-22-14-12-3-2-4-13(12)17-16(20)18-14/h5-8,12H,2-4,9H2,1H3. The zero-order chi connectivity index (χ0) is 15.5. The zero-order valence-electron chi connectivity index (χ0n) is 12.2. The first-order valence-electron chi connectivity index (χ1n) is 7.17. The van der Waals surface area contributed by atoms with Crippen LogP contribution in [-0.4, -0.2) is 29.9 Å². The summed E-state index contributed by atoms with van der Waals surface area (Å²) in [6, 6.07) is 6.91. The Kier molecular flexibility index (Phi) is 4.38. The molecule has 22 heavy (non-hydrogen) atoms. The van der Waals surface area contributed by atoms with E-state index in [4.69, 9.17) is 0 Å². The van der Waals surface area contributed by atoms with E-state index in [0.717, 1.165) is 41.3 Å². The van der Waals surface area contributed by atoms with Crippen LogP contribution in [0, 0.1) is 5.92 Å². The maximum Gasteiger partial charge on any atom is 0.367 e. The quantitative estimate of drug-likeness (QED) is 0.801. The van der Waals surface area contributed by atoms with Crippen LogP contribution in [0.4, 0.5) is 4.79 Å². The number of esters is 1. The molecular weight excluding hydrogens is 300 g/mol. The molecule has 5 nitrogen and oxygen atoms in total. The fraction of sp³-hybridized carbons (Fsp3) is 0.375. The summed E-state index contributed by atoms with van der Waals surface area (Å²) in [7, 11) is 1.37. The van der Waals surface area contributed by atoms with Crippen LogP contribution in [-0.2, 0) is 10.5 Å². The Morgan fingerprint density at radius 3 is 2.82 bits per heavy atom. The van der Waals surface area contributed by atoms with Crippen molar-refractivity contribution in [3.8, 4) is 0 Å². The minimum Gasteiger partial charge on any atom is -0.465 e. The number of rotatable bonds is 3. The molecule has 6 heteroatoms. The van der Waals surface area contributed by atoms with Crippen LogP contribution >= 0.6 is 11.8 Å². The number of ether oxygens (including phenoxy) is 1. The van der Waals surface area contributed by atoms with Crippen LogP contribution in [0.2, 0.25) is 0 Å². The number of thioether (sulfide) groups is 1. The third kappa shape index (κ3) is 3.11. The number of aliphatic imine (C=N–C) groups is 2. The average Bonchev–Trinajstić information content (AvgIpc) is 3.00. The normalized spacial score (nSPS) is 20.2. The lowest BCUT2D eigenvalue weighted by atomic mass is 10.1. The molecule has 1 aromatic rings. The van der Waals surface area contributed by atoms with Crippen molar-refractivity contribution in [1.82, 2.24) is 0 Å². The second kappa shape index (κ2) is 6.44. The molecule has 1 atom stereocenters. The van der Waals surface area contributed by atoms with Crippen LogP contribution in [0.5, 0.6) is 0 Å². The van der Waals surface area contributed by atoms with Crippen molar-refractivity contribution < 1.29 is 14.3 Å². The van der Waals surface area contributed by atoms with Crippen molar-refractivity contribution in [2.24, 2.45) is 15.9 Å². The van der Waals surface area contributed by atoms with E-state index in [1.807, 2.05) is 12.1 Å². The van der Waals surface area contributed by atoms with E-state index < -0.39 is 0 Å². The Hall–Kier alpha value is -1.95. The summed E-state index contributed by atoms with van der Waals surface area (Å²) in [5.74, 6) is 0.613. The molecule has 0 spiro atoms. The smallest absolute Gasteiger partial charge is 0.367 e. The van der Waals surface area contributed by atoms with E-state index in [0.29, 0.717) is 5.56 Å². The lowest BCUT2D eigenvalue weighted by molar-refractivity contribution is 0.0600. The van der Waals surface area contributed by atoms with Gasteiger partial charge in [0.2, 0.25) is 0 Å². The fourth-order valence-corrected chi connectivity index (χ4v) is 3.80. The minimum absolute atomic E-state index is 0.233. The molecule has 1 unspecified atom stereocenters. The van der Waals surface area contributed by atoms with Crippen LogP contribution < -0.4 is 0 Å². The van der Waals surface area contributed by atoms with Gasteiger partial charge in [-0.05, 0) is 37.0 Å². The molecule has 2 aliphatic rings. The number of methoxy groups -OCH3 is 1. The van der Waals surface area contributed by atoms with Gasteiger partial charge in [-0.1, -0.05) is 12.1 Å². The highest BCUT2D eigenvalue weighted by Gasteiger charge is 2.31. The number of hydrogen-bond acceptors (Lipinski definition) is 4. The van der Waals surface area contributed by atoms with Crippen molar-refractivity contribution in [3.63, 3.8) is 0 Å². The summed E-state index contributed by atoms with van der Waals surface area (Å²) in [4.78, 5) is 31.0. The van der Waals surface area contributed by atoms with Crippen LogP contribution in [0.1, 0.15) is 35.2 Å². The highest BCUT2D eigenvalue weighted by atomic mass is 32.2. The molecule has 1 aromatic carbocycles. The molecule has 0 saturated heterocycles. The molecule has 0 aromatic heterocycles. The van der Waals surface area contributed by atoms with Crippen LogP contribution in [0.3, 0.4) is 0 Å². The van der Waals surface area contributed by atoms with Gasteiger partial charge in [0.25, 0.3) is 0 Å². The lowest BCUT2D eigenvalue weighted by Crippen LogP contribution is -2.22. The zero-order valence-corrected chi connectivity index (χ0v) is 13.1. The predicted molar refractivity (Wildman–Crippen MR) is 86.7 cm³/mol. The molecule has 1 heterocycles. The third-order valence-electron chi connectivity index (χ3n) is 3.83. The van der Waals surface area contributed by atoms with Crippen LogP contribution in [0.25, 0.3) is 0 Å². The minimum atomic E-state index is -0.378. The van der Waals surface area contributed by atoms with E-state index in [-0.39, 0.29) is 17.9 Å². The molecule has 1 aliphatic heterocycles. The van der Waals surface area contributed by atoms with Crippen molar-refractivity contribution in [2.75, 3.05) is 7.11 Å². The van der Waals surface area contributed by atoms with Gasteiger partial charge in [-0.3, -0.25) is 0 Å². The Bertz CT molecular complexity index is 664. The molecule has 114 valence electrons. The summed E-state index contributed by atoms with van der Waals surface area (Å²) in [5, 5.41) is 0.879. The van der Waals surface area contributed by atoms with Gasteiger partial charge in [-0.2, -0.15) is 4.99 Å². The van der Waals surface area contributed by atoms with Gasteiger partial charge in [0, 0.05) is 17.4 Å². The Morgan fingerprint density at radius 2 is 2.09 bits per heavy atom. The largest absolute Gasteiger partial charge is 0.465 e. The number of nitrogens with zero attached hydrogens (tertiary/aromatic N) is 2. The van der Waals surface area contributed by atoms with E-state index in [1.165, 1.54) is 7.11 Å². The van der Waals surface area contributed by atoms with Gasteiger partial charge < -0.3 is 4.74 Å². The summed E-state index contributed by atoms with van der Waals surface area (Å²) >= 11 is 1.58. The third-order valence-corrected chi connectivity index (χ3v) is 4.98. The Labute approximate surface area is 132 Å². The summed E-state index contributed by atoms with van der Waals surface area (Å²) in [5.41, 5.74) is 2.60. The van der Waals surface area contributed by atoms with Crippen molar-refractivity contribution in [1.29, 1.82) is 0 Å². The van der Waals surface area contributed by atoms with Gasteiger partial charge >= 0.3 is 12.0 Å². The first-order chi connectivity index (χ1) is 10.7. The topological polar surface area (TPSA) is 68.1 Å². The second-order valence-electron chi connectivity index (χ2n) is 5.26. The summed E-state index contributed by atoms with van der Waals surface area (Å²) in [6.07, 6.45) is 3.01. The monoisotopic (exact) mass is 316 g/mol. The first kappa shape index (κ1) is 15.0. The number of hydrogen-bond donors (Lipinski definition) is 0. The van der Waals surface area contributed by atoms with E-state index in [9.17, 15) is 9.59 Å². The fourth-order valence-electron chi connectivity index (χ4n) is 2.69. The molecule has 1 saturated carbocycles. The second-order valence-corrected chi connectivity index (χ2v) is 6.25.